The minimum Gasteiger partial charge on any atom is -0.496 e. The summed E-state index contributed by atoms with van der Waals surface area (Å²) in [6.07, 6.45) is 0.204. The van der Waals surface area contributed by atoms with Crippen molar-refractivity contribution in [3.63, 3.8) is 0 Å². The molecule has 9 heteroatoms. The van der Waals surface area contributed by atoms with Gasteiger partial charge in [0.05, 0.1) is 22.6 Å². The van der Waals surface area contributed by atoms with Crippen molar-refractivity contribution in [3.05, 3.63) is 26.7 Å². The minimum atomic E-state index is -0.543. The van der Waals surface area contributed by atoms with Crippen molar-refractivity contribution in [2.24, 2.45) is 0 Å². The number of methoxy groups -OCH3 is 1. The molecule has 0 bridgehead atoms. The standard InChI is InChI=1S/C16H24BrN3O5/c1-16(2,3)25-15(21)19(4)8-6-7-18-14-12(17)9-11(24-5)10-13(14)20(22)23/h9-10,18H,6-8H2,1-5H3. The van der Waals surface area contributed by atoms with Crippen LogP contribution in [0.3, 0.4) is 0 Å². The summed E-state index contributed by atoms with van der Waals surface area (Å²) in [5.74, 6) is 0.397. The highest BCUT2D eigenvalue weighted by atomic mass is 79.9. The number of carbonyl (C=O) groups excluding carboxylic acids is 1. The van der Waals surface area contributed by atoms with Crippen LogP contribution in [-0.4, -0.2) is 48.8 Å². The van der Waals surface area contributed by atoms with Gasteiger partial charge >= 0.3 is 6.09 Å². The Morgan fingerprint density at radius 2 is 2.04 bits per heavy atom. The summed E-state index contributed by atoms with van der Waals surface area (Å²) in [6.45, 7) is 6.34. The Kier molecular flexibility index (Phi) is 7.47. The molecule has 1 aromatic rings. The quantitative estimate of drug-likeness (QED) is 0.408. The van der Waals surface area contributed by atoms with Crippen molar-refractivity contribution < 1.29 is 19.2 Å². The number of carbonyl (C=O) groups is 1. The number of benzene rings is 1. The van der Waals surface area contributed by atoms with Crippen LogP contribution < -0.4 is 10.1 Å². The molecular weight excluding hydrogens is 394 g/mol. The first-order valence-electron chi connectivity index (χ1n) is 7.75. The van der Waals surface area contributed by atoms with E-state index in [1.54, 1.807) is 33.9 Å². The van der Waals surface area contributed by atoms with Gasteiger partial charge in [0.25, 0.3) is 5.69 Å². The maximum absolute atomic E-state index is 11.9. The molecule has 0 aliphatic rings. The number of nitro groups is 1. The summed E-state index contributed by atoms with van der Waals surface area (Å²) < 4.78 is 10.9. The Hall–Kier alpha value is -2.03. The second-order valence-electron chi connectivity index (χ2n) is 6.44. The van der Waals surface area contributed by atoms with Gasteiger partial charge in [-0.1, -0.05) is 0 Å². The smallest absolute Gasteiger partial charge is 0.410 e. The first-order valence-corrected chi connectivity index (χ1v) is 8.54. The second-order valence-corrected chi connectivity index (χ2v) is 7.30. The van der Waals surface area contributed by atoms with E-state index < -0.39 is 16.6 Å². The summed E-state index contributed by atoms with van der Waals surface area (Å²) in [4.78, 5) is 24.1. The van der Waals surface area contributed by atoms with Crippen molar-refractivity contribution in [1.82, 2.24) is 4.90 Å². The summed E-state index contributed by atoms with van der Waals surface area (Å²) in [7, 11) is 3.10. The molecule has 0 saturated heterocycles. The molecule has 0 atom stereocenters. The van der Waals surface area contributed by atoms with Crippen molar-refractivity contribution >= 4 is 33.4 Å². The number of nitrogens with one attached hydrogen (secondary N) is 1. The topological polar surface area (TPSA) is 93.9 Å². The van der Waals surface area contributed by atoms with Crippen molar-refractivity contribution in [1.29, 1.82) is 0 Å². The van der Waals surface area contributed by atoms with Crippen LogP contribution in [0.25, 0.3) is 0 Å². The van der Waals surface area contributed by atoms with Gasteiger partial charge in [0, 0.05) is 20.1 Å². The van der Waals surface area contributed by atoms with Crippen LogP contribution >= 0.6 is 15.9 Å². The molecule has 140 valence electrons. The molecule has 1 amide bonds. The first-order chi connectivity index (χ1) is 11.5. The Labute approximate surface area is 155 Å². The lowest BCUT2D eigenvalue weighted by atomic mass is 10.2. The van der Waals surface area contributed by atoms with Gasteiger partial charge in [-0.2, -0.15) is 0 Å². The fourth-order valence-electron chi connectivity index (χ4n) is 1.97. The molecule has 0 aliphatic heterocycles. The number of hydrogen-bond acceptors (Lipinski definition) is 6. The zero-order valence-corrected chi connectivity index (χ0v) is 16.7. The number of nitrogens with zero attached hydrogens (tertiary/aromatic N) is 2. The van der Waals surface area contributed by atoms with Crippen LogP contribution in [0.15, 0.2) is 16.6 Å². The number of hydrogen-bond donors (Lipinski definition) is 1. The molecule has 1 rings (SSSR count). The molecule has 1 N–H and O–H groups in total. The second kappa shape index (κ2) is 8.89. The fourth-order valence-corrected chi connectivity index (χ4v) is 2.53. The van der Waals surface area contributed by atoms with Gasteiger partial charge in [-0.15, -0.1) is 0 Å². The number of halogens is 1. The number of ether oxygens (including phenoxy) is 2. The van der Waals surface area contributed by atoms with E-state index in [4.69, 9.17) is 9.47 Å². The van der Waals surface area contributed by atoms with Crippen LogP contribution in [-0.2, 0) is 4.74 Å². The van der Waals surface area contributed by atoms with E-state index in [9.17, 15) is 14.9 Å². The molecule has 1 aromatic carbocycles. The molecule has 0 unspecified atom stereocenters. The maximum Gasteiger partial charge on any atom is 0.410 e. The highest BCUT2D eigenvalue weighted by Crippen LogP contribution is 2.36. The predicted octanol–water partition coefficient (Wildman–Crippen LogP) is 4.03. The molecule has 0 radical (unpaired) electrons. The molecule has 25 heavy (non-hydrogen) atoms. The molecule has 0 fully saturated rings. The molecule has 0 heterocycles. The number of rotatable bonds is 7. The Bertz CT molecular complexity index is 631. The van der Waals surface area contributed by atoms with E-state index >= 15 is 0 Å². The zero-order valence-electron chi connectivity index (χ0n) is 15.1. The van der Waals surface area contributed by atoms with Crippen LogP contribution in [0.1, 0.15) is 27.2 Å². The Morgan fingerprint density at radius 3 is 2.56 bits per heavy atom. The fraction of sp³-hybridized carbons (Fsp3) is 0.562. The summed E-state index contributed by atoms with van der Waals surface area (Å²) in [5, 5.41) is 14.3. The van der Waals surface area contributed by atoms with Crippen LogP contribution in [0.5, 0.6) is 5.75 Å². The van der Waals surface area contributed by atoms with Gasteiger partial charge in [-0.25, -0.2) is 4.79 Å². The van der Waals surface area contributed by atoms with Gasteiger partial charge in [-0.05, 0) is 49.2 Å². The van der Waals surface area contributed by atoms with Gasteiger partial charge in [-0.3, -0.25) is 10.1 Å². The van der Waals surface area contributed by atoms with Gasteiger partial charge in [0.15, 0.2) is 0 Å². The number of nitro benzene ring substituents is 1. The van der Waals surface area contributed by atoms with E-state index in [2.05, 4.69) is 21.2 Å². The lowest BCUT2D eigenvalue weighted by molar-refractivity contribution is -0.384. The third-order valence-electron chi connectivity index (χ3n) is 3.15. The highest BCUT2D eigenvalue weighted by molar-refractivity contribution is 9.10. The first kappa shape index (κ1) is 21.0. The predicted molar refractivity (Wildman–Crippen MR) is 99.3 cm³/mol. The Balaban J connectivity index is 2.62. The lowest BCUT2D eigenvalue weighted by Crippen LogP contribution is -2.35. The van der Waals surface area contributed by atoms with Crippen molar-refractivity contribution in [2.45, 2.75) is 32.8 Å². The third-order valence-corrected chi connectivity index (χ3v) is 3.78. The van der Waals surface area contributed by atoms with E-state index in [0.29, 0.717) is 35.4 Å². The largest absolute Gasteiger partial charge is 0.496 e. The number of anilines is 1. The van der Waals surface area contributed by atoms with Crippen LogP contribution in [0, 0.1) is 10.1 Å². The summed E-state index contributed by atoms with van der Waals surface area (Å²) >= 11 is 3.31. The minimum absolute atomic E-state index is 0.0771. The van der Waals surface area contributed by atoms with Gasteiger partial charge in [0.2, 0.25) is 0 Å². The molecular formula is C16H24BrN3O5. The average molecular weight is 418 g/mol. The normalized spacial score (nSPS) is 11.0. The SMILES string of the molecule is COc1cc(Br)c(NCCCN(C)C(=O)OC(C)(C)C)c([N+](=O)[O-])c1. The lowest BCUT2D eigenvalue weighted by Gasteiger charge is -2.24. The molecule has 0 aliphatic carbocycles. The summed E-state index contributed by atoms with van der Waals surface area (Å²) in [6, 6.07) is 3.02. The van der Waals surface area contributed by atoms with E-state index in [1.165, 1.54) is 18.1 Å². The van der Waals surface area contributed by atoms with E-state index in [1.807, 2.05) is 0 Å². The van der Waals surface area contributed by atoms with Gasteiger partial charge < -0.3 is 19.7 Å². The highest BCUT2D eigenvalue weighted by Gasteiger charge is 2.20. The van der Waals surface area contributed by atoms with Gasteiger partial charge in [0.1, 0.15) is 17.0 Å². The molecule has 0 spiro atoms. The Morgan fingerprint density at radius 1 is 1.40 bits per heavy atom. The average Bonchev–Trinajstić information content (AvgIpc) is 2.49. The molecule has 8 nitrogen and oxygen atoms in total. The monoisotopic (exact) mass is 417 g/mol. The van der Waals surface area contributed by atoms with Crippen LogP contribution in [0.4, 0.5) is 16.2 Å². The third kappa shape index (κ3) is 6.77. The zero-order chi connectivity index (χ0) is 19.2. The molecule has 0 saturated carbocycles. The number of amides is 1. The molecule has 0 aromatic heterocycles. The van der Waals surface area contributed by atoms with Crippen molar-refractivity contribution in [3.8, 4) is 5.75 Å². The summed E-state index contributed by atoms with van der Waals surface area (Å²) in [5.41, 5.74) is -0.240. The van der Waals surface area contributed by atoms with E-state index in [-0.39, 0.29) is 5.69 Å². The maximum atomic E-state index is 11.9. The van der Waals surface area contributed by atoms with E-state index in [0.717, 1.165) is 0 Å². The van der Waals surface area contributed by atoms with Crippen LogP contribution in [0.2, 0.25) is 0 Å². The van der Waals surface area contributed by atoms with Crippen molar-refractivity contribution in [2.75, 3.05) is 32.6 Å².